The molecule has 422 valence electrons. The number of carbonyl (C=O) groups excluding carboxylic acids is 17. The molecule has 0 spiro atoms. The molecule has 0 rings (SSSR count). The molecule has 0 amide bonds. The van der Waals surface area contributed by atoms with E-state index in [1.165, 1.54) is 34.8 Å². The van der Waals surface area contributed by atoms with Crippen molar-refractivity contribution in [3.05, 3.63) is 0 Å². The zero-order valence-electron chi connectivity index (χ0n) is 39.8. The van der Waals surface area contributed by atoms with Crippen molar-refractivity contribution in [1.29, 1.82) is 0 Å². The molecule has 0 aliphatic rings. The number of hydrogen-bond acceptors (Lipinski definition) is 27. The maximum Gasteiger partial charge on any atom is 0.324 e. The van der Waals surface area contributed by atoms with E-state index in [1.54, 1.807) is 0 Å². The summed E-state index contributed by atoms with van der Waals surface area (Å²) in [7, 11) is 1.35. The molecule has 0 saturated heterocycles. The van der Waals surface area contributed by atoms with Crippen LogP contribution in [0.25, 0.3) is 0 Å². The third-order valence-corrected chi connectivity index (χ3v) is 4.24. The molecule has 0 aliphatic carbocycles. The van der Waals surface area contributed by atoms with E-state index >= 15 is 0 Å². The van der Waals surface area contributed by atoms with Crippen LogP contribution in [0.4, 0.5) is 0 Å². The van der Waals surface area contributed by atoms with Gasteiger partial charge in [0.05, 0.1) is 13.5 Å². The molecule has 0 fully saturated rings. The molecule has 0 aromatic rings. The van der Waals surface area contributed by atoms with Crippen molar-refractivity contribution in [3.8, 4) is 0 Å². The number of aliphatic carboxylic acids is 4. The largest absolute Gasteiger partial charge is 0.481 e. The van der Waals surface area contributed by atoms with Crippen molar-refractivity contribution >= 4 is 168 Å². The number of halogens is 4. The molecule has 0 heterocycles. The molecular weight excluding hydrogens is 1110 g/mol. The van der Waals surface area contributed by atoms with Crippen LogP contribution in [0.3, 0.4) is 0 Å². The molecule has 0 bridgehead atoms. The number of methoxy groups -OCH3 is 1. The lowest BCUT2D eigenvalue weighted by Crippen LogP contribution is -2.17. The topological polar surface area (TPSA) is 495 Å². The van der Waals surface area contributed by atoms with Crippen molar-refractivity contribution in [2.75, 3.05) is 7.11 Å². The van der Waals surface area contributed by atoms with Gasteiger partial charge in [0, 0.05) is 41.5 Å². The van der Waals surface area contributed by atoms with Crippen molar-refractivity contribution in [2.45, 2.75) is 115 Å². The predicted octanol–water partition coefficient (Wildman–Crippen LogP) is 1.48. The Labute approximate surface area is 438 Å². The normalized spacial score (nSPS) is 8.14. The number of Topliss-reactive ketones (excluding diaryl/α,β-unsaturated/α-hetero) is 2. The first-order valence-electron chi connectivity index (χ1n) is 18.0. The van der Waals surface area contributed by atoms with Crippen molar-refractivity contribution in [2.24, 2.45) is 0 Å². The highest BCUT2D eigenvalue weighted by Gasteiger charge is 2.15. The van der Waals surface area contributed by atoms with Gasteiger partial charge in [0.25, 0.3) is 0 Å². The van der Waals surface area contributed by atoms with E-state index in [9.17, 15) is 101 Å². The molecule has 0 radical (unpaired) electrons. The number of hydrogen-bond donors (Lipinski definition) is 4. The highest BCUT2D eigenvalue weighted by molar-refractivity contribution is 6.72. The van der Waals surface area contributed by atoms with Crippen LogP contribution in [0.15, 0.2) is 0 Å². The van der Waals surface area contributed by atoms with Crippen LogP contribution in [0.5, 0.6) is 0 Å². The lowest BCUT2D eigenvalue weighted by molar-refractivity contribution is -0.166. The van der Waals surface area contributed by atoms with Crippen molar-refractivity contribution in [3.63, 3.8) is 0 Å². The van der Waals surface area contributed by atoms with Gasteiger partial charge >= 0.3 is 89.5 Å². The fourth-order valence-corrected chi connectivity index (χ4v) is 2.43. The summed E-state index contributed by atoms with van der Waals surface area (Å²) in [5.74, 6) is -14.2. The highest BCUT2D eigenvalue weighted by Crippen LogP contribution is 1.94. The maximum absolute atomic E-state index is 10.6. The van der Waals surface area contributed by atoms with Gasteiger partial charge in [-0.15, -0.1) is 0 Å². The second kappa shape index (κ2) is 57.8. The van der Waals surface area contributed by atoms with Gasteiger partial charge in [-0.1, -0.05) is 7.43 Å². The Morgan fingerprint density at radius 3 is 0.554 bits per heavy atom. The number of carboxylic acids is 4. The van der Waals surface area contributed by atoms with E-state index in [2.05, 4.69) is 28.4 Å². The van der Waals surface area contributed by atoms with Crippen LogP contribution in [0.1, 0.15) is 115 Å². The van der Waals surface area contributed by atoms with Gasteiger partial charge in [-0.3, -0.25) is 95.9 Å². The van der Waals surface area contributed by atoms with Gasteiger partial charge in [0.2, 0.25) is 21.0 Å². The number of esters is 11. The standard InChI is InChI=1S/C7H8O6.C6H8O4.2C5H5ClO4.C3H2Cl2O2.2C3H4O4.C3H6O2.C3H6O.CH4/c1-4(8)12-6(10)3-7(11)13-5(2)9;1-4(7)3-6(9)10-5(2)8;2*1-3(7)10-5(9)2-4(6)8;4-2(6)1-3(5)7;2*4-2(5)1-3(6)7;1-3(4)5-2;1-3(2)4;/h3H2,1-2H3;3H2,1-2H3;2*2H2,1H3;1H2;2*1H2,(H,4,5)(H,6,7);1-2H3;1-2H3;1H4. The molecule has 0 aliphatic heterocycles. The summed E-state index contributed by atoms with van der Waals surface area (Å²) in [5, 5.41) is 27.7. The van der Waals surface area contributed by atoms with Crippen LogP contribution in [-0.2, 0) is 129 Å². The first kappa shape index (κ1) is 89.1. The second-order valence-electron chi connectivity index (χ2n) is 11.4. The molecule has 74 heavy (non-hydrogen) atoms. The monoisotopic (exact) mass is 1160 g/mol. The van der Waals surface area contributed by atoms with Crippen LogP contribution in [-0.4, -0.2) is 150 Å². The van der Waals surface area contributed by atoms with Crippen LogP contribution < -0.4 is 0 Å². The Bertz CT molecular complexity index is 1710. The number of carbonyl (C=O) groups is 21. The zero-order valence-corrected chi connectivity index (χ0v) is 42.8. The van der Waals surface area contributed by atoms with Crippen LogP contribution >= 0.6 is 46.4 Å². The molecule has 0 unspecified atom stereocenters. The van der Waals surface area contributed by atoms with Gasteiger partial charge < -0.3 is 53.6 Å². The van der Waals surface area contributed by atoms with Gasteiger partial charge in [-0.25, -0.2) is 0 Å². The van der Waals surface area contributed by atoms with E-state index in [-0.39, 0.29) is 37.8 Å². The van der Waals surface area contributed by atoms with Gasteiger partial charge in [-0.05, 0) is 67.2 Å². The Morgan fingerprint density at radius 1 is 0.297 bits per heavy atom. The minimum Gasteiger partial charge on any atom is -0.481 e. The van der Waals surface area contributed by atoms with Gasteiger partial charge in [0.15, 0.2) is 0 Å². The SMILES string of the molecule is C.CC(=O)CC(=O)OC(C)=O.CC(=O)OC(=O)CC(=O)Cl.CC(=O)OC(=O)CC(=O)Cl.CC(=O)OC(=O)CC(=O)OC(C)=O.CC(C)=O.COC(C)=O.O=C(Cl)CC(=O)Cl.O=C(O)CC(=O)O.O=C(O)CC(=O)O. The zero-order chi connectivity index (χ0) is 60.3. The van der Waals surface area contributed by atoms with E-state index in [0.717, 1.165) is 34.6 Å². The molecule has 35 heteroatoms. The highest BCUT2D eigenvalue weighted by atomic mass is 35.5. The Kier molecular flexibility index (Phi) is 69.6. The molecule has 0 aromatic heterocycles. The van der Waals surface area contributed by atoms with Crippen molar-refractivity contribution < 1.29 is 150 Å². The Morgan fingerprint density at radius 2 is 0.459 bits per heavy atom. The van der Waals surface area contributed by atoms with E-state index in [1.807, 2.05) is 0 Å². The first-order valence-corrected chi connectivity index (χ1v) is 19.6. The summed E-state index contributed by atoms with van der Waals surface area (Å²) in [5.41, 5.74) is 0. The van der Waals surface area contributed by atoms with E-state index < -0.39 is 137 Å². The number of ether oxygens (including phenoxy) is 6. The fourth-order valence-electron chi connectivity index (χ4n) is 1.90. The minimum atomic E-state index is -1.31. The molecule has 0 saturated carbocycles. The minimum absolute atomic E-state index is 0. The van der Waals surface area contributed by atoms with E-state index in [0.29, 0.717) is 0 Å². The Hall–Kier alpha value is -7.77. The fraction of sp³-hybridized carbons (Fsp3) is 0.462. The van der Waals surface area contributed by atoms with Gasteiger partial charge in [-0.2, -0.15) is 0 Å². The molecule has 0 atom stereocenters. The number of carboxylic acid groups (broad SMARTS) is 4. The maximum atomic E-state index is 10.6. The summed E-state index contributed by atoms with van der Waals surface area (Å²) in [6.45, 7) is 11.0. The van der Waals surface area contributed by atoms with Crippen LogP contribution in [0.2, 0.25) is 0 Å². The summed E-state index contributed by atoms with van der Waals surface area (Å²) < 4.78 is 24.2. The van der Waals surface area contributed by atoms with Crippen molar-refractivity contribution in [1.82, 2.24) is 0 Å². The molecular formula is C39H52Cl4O31. The molecule has 4 N–H and O–H groups in total. The average molecular weight is 1160 g/mol. The van der Waals surface area contributed by atoms with E-state index in [4.69, 9.17) is 66.8 Å². The first-order chi connectivity index (χ1) is 32.9. The van der Waals surface area contributed by atoms with Gasteiger partial charge in [0.1, 0.15) is 50.1 Å². The number of rotatable bonds is 14. The summed E-state index contributed by atoms with van der Waals surface area (Å²) >= 11 is 19.1. The summed E-state index contributed by atoms with van der Waals surface area (Å²) in [6.07, 6.45) is -4.22. The second-order valence-corrected chi connectivity index (χ2v) is 13.1. The third kappa shape index (κ3) is 144. The Balaban J connectivity index is -0.0000000790. The summed E-state index contributed by atoms with van der Waals surface area (Å²) in [4.78, 5) is 209. The summed E-state index contributed by atoms with van der Waals surface area (Å²) in [6, 6.07) is 0. The lowest BCUT2D eigenvalue weighted by Gasteiger charge is -1.98. The predicted molar refractivity (Wildman–Crippen MR) is 242 cm³/mol. The number of ketones is 2. The smallest absolute Gasteiger partial charge is 0.324 e. The lowest BCUT2D eigenvalue weighted by atomic mass is 10.3. The average Bonchev–Trinajstić information content (AvgIpc) is 3.08. The molecule has 0 aromatic carbocycles. The molecule has 31 nitrogen and oxygen atoms in total. The third-order valence-electron chi connectivity index (χ3n) is 3.71. The van der Waals surface area contributed by atoms with Crippen LogP contribution in [0, 0.1) is 0 Å². The quantitative estimate of drug-likeness (QED) is 0.0828.